The minimum absolute atomic E-state index is 0. The van der Waals surface area contributed by atoms with Crippen LogP contribution in [0.4, 0.5) is 0 Å². The first kappa shape index (κ1) is 19.5. The molecule has 114 valence electrons. The molecule has 0 aliphatic carbocycles. The van der Waals surface area contributed by atoms with Crippen molar-refractivity contribution in [3.05, 3.63) is 33.8 Å². The van der Waals surface area contributed by atoms with Crippen LogP contribution < -0.4 is 11.1 Å². The van der Waals surface area contributed by atoms with Crippen LogP contribution in [0.25, 0.3) is 0 Å². The van der Waals surface area contributed by atoms with Gasteiger partial charge in [0.1, 0.15) is 0 Å². The molecule has 0 radical (unpaired) electrons. The Morgan fingerprint density at radius 2 is 2.05 bits per heavy atom. The Balaban J connectivity index is 0.00000361. The molecule has 1 atom stereocenters. The maximum Gasteiger partial charge on any atom is 0.224 e. The normalized spacial score (nSPS) is 11.6. The first-order valence-electron chi connectivity index (χ1n) is 6.50. The minimum Gasteiger partial charge on any atom is -0.352 e. The highest BCUT2D eigenvalue weighted by Gasteiger charge is 2.11. The molecule has 3 nitrogen and oxygen atoms in total. The molecule has 1 unspecified atom stereocenters. The third-order valence-electron chi connectivity index (χ3n) is 2.90. The summed E-state index contributed by atoms with van der Waals surface area (Å²) in [6, 6.07) is 5.27. The Hall–Kier alpha value is -0.480. The molecule has 0 bridgehead atoms. The van der Waals surface area contributed by atoms with Crippen molar-refractivity contribution in [2.75, 3.05) is 6.54 Å². The SMILES string of the molecule is CCCCC(CN)NC(=O)Cc1ccc(Cl)c(Cl)c1.Cl. The summed E-state index contributed by atoms with van der Waals surface area (Å²) in [6.45, 7) is 2.58. The van der Waals surface area contributed by atoms with Gasteiger partial charge in [-0.25, -0.2) is 0 Å². The molecule has 0 spiro atoms. The average molecular weight is 340 g/mol. The molecule has 1 rings (SSSR count). The highest BCUT2D eigenvalue weighted by atomic mass is 35.5. The molecule has 0 saturated heterocycles. The third-order valence-corrected chi connectivity index (χ3v) is 3.64. The van der Waals surface area contributed by atoms with Crippen molar-refractivity contribution in [1.82, 2.24) is 5.32 Å². The van der Waals surface area contributed by atoms with Crippen LogP contribution in [0, 0.1) is 0 Å². The minimum atomic E-state index is -0.0371. The number of nitrogens with two attached hydrogens (primary N) is 1. The Labute approximate surface area is 136 Å². The fourth-order valence-electron chi connectivity index (χ4n) is 1.81. The Morgan fingerprint density at radius 3 is 2.60 bits per heavy atom. The fraction of sp³-hybridized carbons (Fsp3) is 0.500. The van der Waals surface area contributed by atoms with E-state index in [1.165, 1.54) is 0 Å². The van der Waals surface area contributed by atoms with Gasteiger partial charge in [0, 0.05) is 12.6 Å². The van der Waals surface area contributed by atoms with Gasteiger partial charge in [-0.1, -0.05) is 49.0 Å². The third kappa shape index (κ3) is 6.80. The summed E-state index contributed by atoms with van der Waals surface area (Å²) in [5.74, 6) is -0.0371. The quantitative estimate of drug-likeness (QED) is 0.797. The van der Waals surface area contributed by atoms with Crippen molar-refractivity contribution in [3.8, 4) is 0 Å². The van der Waals surface area contributed by atoms with Crippen LogP contribution in [0.15, 0.2) is 18.2 Å². The van der Waals surface area contributed by atoms with E-state index < -0.39 is 0 Å². The number of hydrogen-bond acceptors (Lipinski definition) is 2. The largest absolute Gasteiger partial charge is 0.352 e. The molecule has 1 aromatic rings. The molecule has 0 saturated carbocycles. The zero-order chi connectivity index (χ0) is 14.3. The van der Waals surface area contributed by atoms with Gasteiger partial charge in [0.25, 0.3) is 0 Å². The lowest BCUT2D eigenvalue weighted by Gasteiger charge is -2.16. The van der Waals surface area contributed by atoms with E-state index in [-0.39, 0.29) is 24.4 Å². The summed E-state index contributed by atoms with van der Waals surface area (Å²) in [5.41, 5.74) is 6.49. The van der Waals surface area contributed by atoms with Crippen LogP contribution in [0.3, 0.4) is 0 Å². The second-order valence-corrected chi connectivity index (χ2v) is 5.38. The van der Waals surface area contributed by atoms with Crippen molar-refractivity contribution in [2.45, 2.75) is 38.6 Å². The summed E-state index contributed by atoms with van der Waals surface area (Å²) >= 11 is 11.7. The lowest BCUT2D eigenvalue weighted by molar-refractivity contribution is -0.121. The number of carbonyl (C=O) groups is 1. The van der Waals surface area contributed by atoms with Gasteiger partial charge in [0.15, 0.2) is 0 Å². The first-order chi connectivity index (χ1) is 9.06. The fourth-order valence-corrected chi connectivity index (χ4v) is 2.13. The molecule has 1 aromatic carbocycles. The molecular weight excluding hydrogens is 319 g/mol. The second kappa shape index (κ2) is 10.3. The van der Waals surface area contributed by atoms with E-state index in [1.54, 1.807) is 18.2 Å². The van der Waals surface area contributed by atoms with Crippen LogP contribution in [0.2, 0.25) is 10.0 Å². The predicted molar refractivity (Wildman–Crippen MR) is 87.9 cm³/mol. The lowest BCUT2D eigenvalue weighted by atomic mass is 10.1. The van der Waals surface area contributed by atoms with Crippen LogP contribution in [-0.2, 0) is 11.2 Å². The highest BCUT2D eigenvalue weighted by molar-refractivity contribution is 6.42. The van der Waals surface area contributed by atoms with Crippen molar-refractivity contribution in [3.63, 3.8) is 0 Å². The summed E-state index contributed by atoms with van der Waals surface area (Å²) in [7, 11) is 0. The molecule has 3 N–H and O–H groups in total. The number of rotatable bonds is 7. The highest BCUT2D eigenvalue weighted by Crippen LogP contribution is 2.22. The maximum absolute atomic E-state index is 11.9. The van der Waals surface area contributed by atoms with Crippen LogP contribution in [0.5, 0.6) is 0 Å². The van der Waals surface area contributed by atoms with Gasteiger partial charge in [-0.2, -0.15) is 0 Å². The lowest BCUT2D eigenvalue weighted by Crippen LogP contribution is -2.40. The number of unbranched alkanes of at least 4 members (excludes halogenated alkanes) is 1. The number of amides is 1. The molecule has 0 aromatic heterocycles. The van der Waals surface area contributed by atoms with Crippen LogP contribution >= 0.6 is 35.6 Å². The van der Waals surface area contributed by atoms with Crippen LogP contribution in [-0.4, -0.2) is 18.5 Å². The maximum atomic E-state index is 11.9. The smallest absolute Gasteiger partial charge is 0.224 e. The van der Waals surface area contributed by atoms with Gasteiger partial charge in [-0.15, -0.1) is 12.4 Å². The molecule has 6 heteroatoms. The molecular formula is C14H21Cl3N2O. The van der Waals surface area contributed by atoms with Gasteiger partial charge in [-0.05, 0) is 24.1 Å². The number of hydrogen-bond donors (Lipinski definition) is 2. The monoisotopic (exact) mass is 338 g/mol. The zero-order valence-corrected chi connectivity index (χ0v) is 13.8. The van der Waals surface area contributed by atoms with E-state index in [4.69, 9.17) is 28.9 Å². The Bertz CT molecular complexity index is 427. The zero-order valence-electron chi connectivity index (χ0n) is 11.5. The van der Waals surface area contributed by atoms with E-state index in [2.05, 4.69) is 12.2 Å². The Kier molecular flexibility index (Phi) is 10.0. The van der Waals surface area contributed by atoms with E-state index in [0.29, 0.717) is 23.0 Å². The summed E-state index contributed by atoms with van der Waals surface area (Å²) in [4.78, 5) is 11.9. The van der Waals surface area contributed by atoms with Crippen molar-refractivity contribution in [2.24, 2.45) is 5.73 Å². The molecule has 0 aliphatic rings. The van der Waals surface area contributed by atoms with Gasteiger partial charge in [-0.3, -0.25) is 4.79 Å². The van der Waals surface area contributed by atoms with Gasteiger partial charge >= 0.3 is 0 Å². The predicted octanol–water partition coefficient (Wildman–Crippen LogP) is 3.59. The second-order valence-electron chi connectivity index (χ2n) is 4.57. The van der Waals surface area contributed by atoms with Gasteiger partial charge in [0.05, 0.1) is 16.5 Å². The van der Waals surface area contributed by atoms with E-state index in [1.807, 2.05) is 0 Å². The van der Waals surface area contributed by atoms with Crippen LogP contribution in [0.1, 0.15) is 31.7 Å². The first-order valence-corrected chi connectivity index (χ1v) is 7.25. The number of benzene rings is 1. The van der Waals surface area contributed by atoms with Crippen molar-refractivity contribution in [1.29, 1.82) is 0 Å². The molecule has 20 heavy (non-hydrogen) atoms. The average Bonchev–Trinajstić information content (AvgIpc) is 2.38. The van der Waals surface area contributed by atoms with Crippen molar-refractivity contribution < 1.29 is 4.79 Å². The number of halogens is 3. The van der Waals surface area contributed by atoms with Crippen molar-refractivity contribution >= 4 is 41.5 Å². The molecule has 0 fully saturated rings. The van der Waals surface area contributed by atoms with Gasteiger partial charge in [0.2, 0.25) is 5.91 Å². The summed E-state index contributed by atoms with van der Waals surface area (Å²) in [5, 5.41) is 3.90. The summed E-state index contributed by atoms with van der Waals surface area (Å²) < 4.78 is 0. The molecule has 1 amide bonds. The number of carbonyl (C=O) groups excluding carboxylic acids is 1. The van der Waals surface area contributed by atoms with E-state index in [0.717, 1.165) is 24.8 Å². The molecule has 0 heterocycles. The molecule has 0 aliphatic heterocycles. The Morgan fingerprint density at radius 1 is 1.35 bits per heavy atom. The topological polar surface area (TPSA) is 55.1 Å². The number of nitrogens with one attached hydrogen (secondary N) is 1. The van der Waals surface area contributed by atoms with Gasteiger partial charge < -0.3 is 11.1 Å². The van der Waals surface area contributed by atoms with E-state index in [9.17, 15) is 4.79 Å². The summed E-state index contributed by atoms with van der Waals surface area (Å²) in [6.07, 6.45) is 3.37. The van der Waals surface area contributed by atoms with E-state index >= 15 is 0 Å². The standard InChI is InChI=1S/C14H20Cl2N2O.ClH/c1-2-3-4-11(9-17)18-14(19)8-10-5-6-12(15)13(16)7-10;/h5-7,11H,2-4,8-9,17H2,1H3,(H,18,19);1H.